The molecule has 1 fully saturated rings. The predicted molar refractivity (Wildman–Crippen MR) is 129 cm³/mol. The van der Waals surface area contributed by atoms with E-state index in [1.165, 1.54) is 0 Å². The summed E-state index contributed by atoms with van der Waals surface area (Å²) < 4.78 is 136. The van der Waals surface area contributed by atoms with E-state index in [0.717, 1.165) is 25.2 Å². The summed E-state index contributed by atoms with van der Waals surface area (Å²) in [5.41, 5.74) is -6.25. The van der Waals surface area contributed by atoms with Crippen molar-refractivity contribution in [2.75, 3.05) is 13.6 Å². The zero-order chi connectivity index (χ0) is 31.1. The van der Waals surface area contributed by atoms with E-state index in [4.69, 9.17) is 23.2 Å². The molecule has 0 bridgehead atoms. The summed E-state index contributed by atoms with van der Waals surface area (Å²) in [7, 11) is 0.805. The van der Waals surface area contributed by atoms with Crippen LogP contribution >= 0.6 is 23.2 Å². The van der Waals surface area contributed by atoms with Gasteiger partial charge in [-0.05, 0) is 48.7 Å². The number of hydrogen-bond donors (Lipinski definition) is 1. The van der Waals surface area contributed by atoms with Crippen LogP contribution in [-0.2, 0) is 11.0 Å². The van der Waals surface area contributed by atoms with Crippen molar-refractivity contribution in [3.63, 3.8) is 0 Å². The molecular formula is C25H18Cl2F10N2O2. The number of nitrogens with one attached hydrogen (secondary N) is 1. The number of likely N-dealkylation sites (N-methyl/N-ethyl adjacent to an activating group) is 1. The summed E-state index contributed by atoms with van der Waals surface area (Å²) in [5, 5.41) is 1.65. The maximum absolute atomic E-state index is 15.0. The average molecular weight is 639 g/mol. The molecule has 0 aromatic heterocycles. The van der Waals surface area contributed by atoms with Crippen molar-refractivity contribution in [2.24, 2.45) is 0 Å². The molecule has 1 aliphatic rings. The Kier molecular flexibility index (Phi) is 9.00. The van der Waals surface area contributed by atoms with E-state index in [2.05, 4.69) is 0 Å². The number of hydrogen-bond acceptors (Lipinski definition) is 2. The fourth-order valence-corrected chi connectivity index (χ4v) is 4.27. The number of benzene rings is 2. The normalized spacial score (nSPS) is 16.3. The molecule has 2 aromatic rings. The maximum atomic E-state index is 15.0. The van der Waals surface area contributed by atoms with Crippen molar-refractivity contribution in [3.05, 3.63) is 74.8 Å². The zero-order valence-electron chi connectivity index (χ0n) is 20.5. The third-order valence-corrected chi connectivity index (χ3v) is 6.83. The molecule has 0 saturated heterocycles. The van der Waals surface area contributed by atoms with Crippen LogP contribution in [0.25, 0.3) is 5.83 Å². The highest BCUT2D eigenvalue weighted by Crippen LogP contribution is 2.42. The van der Waals surface area contributed by atoms with Gasteiger partial charge in [0.1, 0.15) is 23.8 Å². The number of halogens is 12. The van der Waals surface area contributed by atoms with Crippen LogP contribution in [-0.4, -0.2) is 48.2 Å². The van der Waals surface area contributed by atoms with Gasteiger partial charge in [-0.1, -0.05) is 35.3 Å². The average Bonchev–Trinajstić information content (AvgIpc) is 3.61. The van der Waals surface area contributed by atoms with E-state index < -0.39 is 76.4 Å². The monoisotopic (exact) mass is 638 g/mol. The van der Waals surface area contributed by atoms with E-state index >= 15 is 0 Å². The predicted octanol–water partition coefficient (Wildman–Crippen LogP) is 7.95. The van der Waals surface area contributed by atoms with Gasteiger partial charge in [-0.2, -0.15) is 39.5 Å². The van der Waals surface area contributed by atoms with Crippen LogP contribution in [0.15, 0.2) is 42.5 Å². The second-order valence-corrected chi connectivity index (χ2v) is 10.1. The largest absolute Gasteiger partial charge is 0.417 e. The molecule has 1 atom stereocenters. The molecule has 0 aliphatic heterocycles. The summed E-state index contributed by atoms with van der Waals surface area (Å²) in [6, 6.07) is 3.98. The summed E-state index contributed by atoms with van der Waals surface area (Å²) in [6.45, 7) is -1.67. The fourth-order valence-electron chi connectivity index (χ4n) is 3.96. The van der Waals surface area contributed by atoms with Crippen LogP contribution in [0, 0.1) is 0 Å². The summed E-state index contributed by atoms with van der Waals surface area (Å²) in [5.74, 6) is -7.02. The molecule has 41 heavy (non-hydrogen) atoms. The van der Waals surface area contributed by atoms with E-state index in [0.29, 0.717) is 12.1 Å². The first-order valence-corrected chi connectivity index (χ1v) is 12.2. The lowest BCUT2D eigenvalue weighted by atomic mass is 9.95. The van der Waals surface area contributed by atoms with Gasteiger partial charge in [-0.3, -0.25) is 9.59 Å². The Labute approximate surface area is 235 Å². The Bertz CT molecular complexity index is 1370. The van der Waals surface area contributed by atoms with Crippen molar-refractivity contribution >= 4 is 40.8 Å². The number of carbonyl (C=O) groups is 2. The molecule has 1 unspecified atom stereocenters. The molecule has 0 spiro atoms. The number of alkyl halides is 9. The van der Waals surface area contributed by atoms with E-state index in [1.54, 1.807) is 0 Å². The van der Waals surface area contributed by atoms with Crippen LogP contribution in [0.2, 0.25) is 10.0 Å². The van der Waals surface area contributed by atoms with E-state index in [9.17, 15) is 53.5 Å². The van der Waals surface area contributed by atoms with E-state index in [1.807, 2.05) is 5.32 Å². The van der Waals surface area contributed by atoms with Gasteiger partial charge < -0.3 is 10.2 Å². The van der Waals surface area contributed by atoms with Crippen LogP contribution in [0.1, 0.15) is 45.8 Å². The Morgan fingerprint density at radius 3 is 2.07 bits per heavy atom. The number of nitrogens with zero attached hydrogens (tertiary/aromatic N) is 1. The number of allylic oxidation sites excluding steroid dienone is 1. The topological polar surface area (TPSA) is 49.4 Å². The molecule has 3 rings (SSSR count). The fraction of sp³-hybridized carbons (Fsp3) is 0.360. The lowest BCUT2D eigenvalue weighted by Crippen LogP contribution is -2.51. The minimum atomic E-state index is -5.32. The maximum Gasteiger partial charge on any atom is 0.417 e. The minimum Gasteiger partial charge on any atom is -0.338 e. The number of carbonyl (C=O) groups excluding carboxylic acids is 2. The zero-order valence-corrected chi connectivity index (χ0v) is 22.1. The first-order chi connectivity index (χ1) is 18.6. The van der Waals surface area contributed by atoms with Gasteiger partial charge in [-0.15, -0.1) is 0 Å². The third kappa shape index (κ3) is 7.85. The van der Waals surface area contributed by atoms with Crippen molar-refractivity contribution < 1.29 is 53.5 Å². The number of amides is 2. The molecule has 2 amide bonds. The molecular weight excluding hydrogens is 621 g/mol. The molecule has 4 nitrogen and oxygen atoms in total. The van der Waals surface area contributed by atoms with Crippen molar-refractivity contribution in [2.45, 2.75) is 42.8 Å². The highest BCUT2D eigenvalue weighted by Gasteiger charge is 2.54. The van der Waals surface area contributed by atoms with Gasteiger partial charge in [0.05, 0.1) is 21.2 Å². The Balaban J connectivity index is 1.95. The summed E-state index contributed by atoms with van der Waals surface area (Å²) in [6.07, 6.45) is -15.4. The molecule has 1 aliphatic carbocycles. The first-order valence-electron chi connectivity index (χ1n) is 11.4. The lowest BCUT2D eigenvalue weighted by Gasteiger charge is -2.25. The van der Waals surface area contributed by atoms with Crippen LogP contribution in [0.5, 0.6) is 0 Å². The Hall–Kier alpha value is -3.00. The van der Waals surface area contributed by atoms with Gasteiger partial charge in [0, 0.05) is 12.6 Å². The third-order valence-electron chi connectivity index (χ3n) is 6.09. The van der Waals surface area contributed by atoms with Gasteiger partial charge >= 0.3 is 18.5 Å². The first kappa shape index (κ1) is 32.5. The van der Waals surface area contributed by atoms with Gasteiger partial charge in [0.15, 0.2) is 0 Å². The number of rotatable bonds is 7. The van der Waals surface area contributed by atoms with Gasteiger partial charge in [0.25, 0.3) is 5.91 Å². The Morgan fingerprint density at radius 2 is 1.59 bits per heavy atom. The Morgan fingerprint density at radius 1 is 0.976 bits per heavy atom. The summed E-state index contributed by atoms with van der Waals surface area (Å²) in [4.78, 5) is 25.5. The highest BCUT2D eigenvalue weighted by molar-refractivity contribution is 6.42. The standard InChI is InChI=1S/C25H18Cl2F10N2O2/c1-39(11-23(29,30)31)21(41)22(6-7-22)38-20(40)14-4-2-13(8-16(14)25(35,36)37)19(28)10-15(24(32,33)34)12-3-5-17(26)18(27)9-12/h2-5,8-10,15H,6-7,11H2,1H3,(H,38,40). The second kappa shape index (κ2) is 11.3. The molecule has 0 radical (unpaired) electrons. The minimum absolute atomic E-state index is 0.0309. The van der Waals surface area contributed by atoms with Gasteiger partial charge in [0.2, 0.25) is 5.91 Å². The molecule has 2 aromatic carbocycles. The summed E-state index contributed by atoms with van der Waals surface area (Å²) >= 11 is 11.4. The molecule has 1 saturated carbocycles. The van der Waals surface area contributed by atoms with Crippen LogP contribution in [0.3, 0.4) is 0 Å². The molecule has 224 valence electrons. The van der Waals surface area contributed by atoms with Gasteiger partial charge in [-0.25, -0.2) is 4.39 Å². The van der Waals surface area contributed by atoms with Crippen LogP contribution < -0.4 is 5.32 Å². The van der Waals surface area contributed by atoms with Crippen molar-refractivity contribution in [1.29, 1.82) is 0 Å². The SMILES string of the molecule is CN(CC(F)(F)F)C(=O)C1(NC(=O)c2ccc(C(F)=CC(c3ccc(Cl)c(Cl)c3)C(F)(F)F)cc2C(F)(F)F)CC1. The van der Waals surface area contributed by atoms with Crippen LogP contribution in [0.4, 0.5) is 43.9 Å². The molecule has 16 heteroatoms. The van der Waals surface area contributed by atoms with Crippen molar-refractivity contribution in [1.82, 2.24) is 10.2 Å². The quantitative estimate of drug-likeness (QED) is 0.313. The second-order valence-electron chi connectivity index (χ2n) is 9.28. The van der Waals surface area contributed by atoms with Crippen molar-refractivity contribution in [3.8, 4) is 0 Å². The molecule has 1 N–H and O–H groups in total. The lowest BCUT2D eigenvalue weighted by molar-refractivity contribution is -0.160. The highest BCUT2D eigenvalue weighted by atomic mass is 35.5. The molecule has 0 heterocycles. The smallest absolute Gasteiger partial charge is 0.338 e. The van der Waals surface area contributed by atoms with E-state index in [-0.39, 0.29) is 39.9 Å².